The summed E-state index contributed by atoms with van der Waals surface area (Å²) in [7, 11) is 5.87. The summed E-state index contributed by atoms with van der Waals surface area (Å²) >= 11 is 0. The van der Waals surface area contributed by atoms with Gasteiger partial charge in [0.2, 0.25) is 0 Å². The Morgan fingerprint density at radius 3 is 2.26 bits per heavy atom. The van der Waals surface area contributed by atoms with E-state index in [2.05, 4.69) is 48.5 Å². The van der Waals surface area contributed by atoms with Crippen molar-refractivity contribution in [2.24, 2.45) is 4.99 Å². The fourth-order valence-corrected chi connectivity index (χ4v) is 1.89. The number of nitrogens with one attached hydrogen (secondary N) is 2. The van der Waals surface area contributed by atoms with Crippen molar-refractivity contribution in [3.63, 3.8) is 0 Å². The van der Waals surface area contributed by atoms with E-state index in [1.54, 1.807) is 11.9 Å². The number of ether oxygens (including phenoxy) is 1. The summed E-state index contributed by atoms with van der Waals surface area (Å²) in [5.41, 5.74) is -0.426. The Morgan fingerprint density at radius 2 is 1.83 bits per heavy atom. The highest BCUT2D eigenvalue weighted by atomic mass is 16.6. The van der Waals surface area contributed by atoms with Crippen LogP contribution in [-0.2, 0) is 4.74 Å². The van der Waals surface area contributed by atoms with Crippen LogP contribution in [0.2, 0.25) is 0 Å². The smallest absolute Gasteiger partial charge is 0.410 e. The lowest BCUT2D eigenvalue weighted by molar-refractivity contribution is 0.00700. The Labute approximate surface area is 140 Å². The van der Waals surface area contributed by atoms with Gasteiger partial charge in [-0.25, -0.2) is 4.79 Å². The zero-order chi connectivity index (χ0) is 17.8. The van der Waals surface area contributed by atoms with Crippen molar-refractivity contribution in [1.82, 2.24) is 20.4 Å². The van der Waals surface area contributed by atoms with Crippen molar-refractivity contribution in [2.75, 3.05) is 40.8 Å². The van der Waals surface area contributed by atoms with Crippen LogP contribution in [0, 0.1) is 0 Å². The van der Waals surface area contributed by atoms with Crippen LogP contribution < -0.4 is 10.6 Å². The molecule has 0 unspecified atom stereocenters. The highest BCUT2D eigenvalue weighted by molar-refractivity contribution is 5.80. The summed E-state index contributed by atoms with van der Waals surface area (Å²) in [5, 5.41) is 6.67. The first-order valence-electron chi connectivity index (χ1n) is 8.07. The zero-order valence-electron chi connectivity index (χ0n) is 15.9. The lowest BCUT2D eigenvalue weighted by Gasteiger charge is -2.41. The molecule has 0 aromatic heterocycles. The standard InChI is InChI=1S/C16H33N5O2/c1-15(2,3)23-14(22)21-9-12(10-21)19-13(17-6)18-11-16(4,5)20(7)8/h12H,9-11H2,1-8H3,(H2,17,18,19). The van der Waals surface area contributed by atoms with E-state index in [1.165, 1.54) is 0 Å². The average molecular weight is 327 g/mol. The first-order valence-corrected chi connectivity index (χ1v) is 8.07. The lowest BCUT2D eigenvalue weighted by Crippen LogP contribution is -2.63. The summed E-state index contributed by atoms with van der Waals surface area (Å²) in [5.74, 6) is 0.758. The van der Waals surface area contributed by atoms with Gasteiger partial charge >= 0.3 is 6.09 Å². The summed E-state index contributed by atoms with van der Waals surface area (Å²) in [6, 6.07) is 0.205. The Hall–Kier alpha value is -1.50. The summed E-state index contributed by atoms with van der Waals surface area (Å²) in [4.78, 5) is 20.0. The second-order valence-corrected chi connectivity index (χ2v) is 7.86. The number of rotatable bonds is 4. The van der Waals surface area contributed by atoms with Crippen molar-refractivity contribution in [3.05, 3.63) is 0 Å². The first-order chi connectivity index (χ1) is 10.4. The minimum absolute atomic E-state index is 0.0276. The van der Waals surface area contributed by atoms with Crippen LogP contribution in [0.4, 0.5) is 4.79 Å². The predicted molar refractivity (Wildman–Crippen MR) is 93.9 cm³/mol. The number of likely N-dealkylation sites (N-methyl/N-ethyl adjacent to an activating group) is 1. The van der Waals surface area contributed by atoms with E-state index < -0.39 is 5.60 Å². The molecule has 1 heterocycles. The highest BCUT2D eigenvalue weighted by Crippen LogP contribution is 2.15. The number of carbonyl (C=O) groups is 1. The first kappa shape index (κ1) is 19.5. The molecule has 2 N–H and O–H groups in total. The van der Waals surface area contributed by atoms with Gasteiger partial charge in [-0.2, -0.15) is 0 Å². The van der Waals surface area contributed by atoms with Crippen LogP contribution >= 0.6 is 0 Å². The third-order valence-corrected chi connectivity index (χ3v) is 4.00. The summed E-state index contributed by atoms with van der Waals surface area (Å²) in [6.07, 6.45) is -0.257. The molecule has 0 radical (unpaired) electrons. The van der Waals surface area contributed by atoms with Gasteiger partial charge < -0.3 is 25.2 Å². The second kappa shape index (κ2) is 7.38. The zero-order valence-corrected chi connectivity index (χ0v) is 15.9. The highest BCUT2D eigenvalue weighted by Gasteiger charge is 2.34. The molecule has 0 atom stereocenters. The molecule has 23 heavy (non-hydrogen) atoms. The Balaban J connectivity index is 2.36. The molecule has 1 amide bonds. The molecular weight excluding hydrogens is 294 g/mol. The molecule has 0 bridgehead atoms. The predicted octanol–water partition coefficient (Wildman–Crippen LogP) is 1.11. The number of hydrogen-bond donors (Lipinski definition) is 2. The lowest BCUT2D eigenvalue weighted by atomic mass is 10.0. The number of likely N-dealkylation sites (tertiary alicyclic amines) is 1. The molecule has 0 aromatic rings. The van der Waals surface area contributed by atoms with Gasteiger partial charge in [-0.3, -0.25) is 4.99 Å². The molecule has 0 saturated carbocycles. The molecule has 7 heteroatoms. The fraction of sp³-hybridized carbons (Fsp3) is 0.875. The van der Waals surface area contributed by atoms with E-state index in [9.17, 15) is 4.79 Å². The normalized spacial score (nSPS) is 17.1. The van der Waals surface area contributed by atoms with E-state index >= 15 is 0 Å². The van der Waals surface area contributed by atoms with Gasteiger partial charge in [0.25, 0.3) is 0 Å². The maximum absolute atomic E-state index is 11.9. The van der Waals surface area contributed by atoms with E-state index in [0.717, 1.165) is 12.5 Å². The number of hydrogen-bond acceptors (Lipinski definition) is 4. The topological polar surface area (TPSA) is 69.2 Å². The van der Waals surface area contributed by atoms with Gasteiger partial charge in [0.1, 0.15) is 5.60 Å². The number of aliphatic imine (C=N–C) groups is 1. The number of amides is 1. The molecule has 1 saturated heterocycles. The molecule has 134 valence electrons. The minimum atomic E-state index is -0.453. The van der Waals surface area contributed by atoms with Gasteiger partial charge in [0.05, 0.1) is 6.04 Å². The Bertz CT molecular complexity index is 434. The molecule has 0 spiro atoms. The Kier molecular flexibility index (Phi) is 6.27. The number of guanidine groups is 1. The quantitative estimate of drug-likeness (QED) is 0.598. The third kappa shape index (κ3) is 6.25. The van der Waals surface area contributed by atoms with E-state index in [1.807, 2.05) is 20.8 Å². The maximum Gasteiger partial charge on any atom is 0.410 e. The van der Waals surface area contributed by atoms with Crippen molar-refractivity contribution in [1.29, 1.82) is 0 Å². The van der Waals surface area contributed by atoms with Crippen molar-refractivity contribution < 1.29 is 9.53 Å². The molecule has 0 aliphatic carbocycles. The van der Waals surface area contributed by atoms with Gasteiger partial charge in [0.15, 0.2) is 5.96 Å². The summed E-state index contributed by atoms with van der Waals surface area (Å²) in [6.45, 7) is 12.0. The largest absolute Gasteiger partial charge is 0.444 e. The average Bonchev–Trinajstić information content (AvgIpc) is 2.33. The van der Waals surface area contributed by atoms with Gasteiger partial charge in [0, 0.05) is 32.2 Å². The van der Waals surface area contributed by atoms with Crippen molar-refractivity contribution in [2.45, 2.75) is 51.8 Å². The number of nitrogens with zero attached hydrogens (tertiary/aromatic N) is 3. The van der Waals surface area contributed by atoms with Crippen LogP contribution in [0.5, 0.6) is 0 Å². The molecular formula is C16H33N5O2. The third-order valence-electron chi connectivity index (χ3n) is 4.00. The monoisotopic (exact) mass is 327 g/mol. The van der Waals surface area contributed by atoms with Crippen molar-refractivity contribution >= 4 is 12.1 Å². The van der Waals surface area contributed by atoms with Crippen LogP contribution in [0.15, 0.2) is 4.99 Å². The van der Waals surface area contributed by atoms with Gasteiger partial charge in [-0.1, -0.05) is 0 Å². The molecule has 1 rings (SSSR count). The van der Waals surface area contributed by atoms with Crippen LogP contribution in [0.1, 0.15) is 34.6 Å². The molecule has 1 fully saturated rings. The molecule has 1 aliphatic heterocycles. The van der Waals surface area contributed by atoms with Crippen LogP contribution in [0.25, 0.3) is 0 Å². The van der Waals surface area contributed by atoms with Crippen molar-refractivity contribution in [3.8, 4) is 0 Å². The van der Waals surface area contributed by atoms with Gasteiger partial charge in [-0.15, -0.1) is 0 Å². The van der Waals surface area contributed by atoms with Crippen LogP contribution in [-0.4, -0.2) is 79.8 Å². The number of carbonyl (C=O) groups excluding carboxylic acids is 1. The molecule has 1 aliphatic rings. The second-order valence-electron chi connectivity index (χ2n) is 7.86. The fourth-order valence-electron chi connectivity index (χ4n) is 1.89. The summed E-state index contributed by atoms with van der Waals surface area (Å²) < 4.78 is 5.35. The Morgan fingerprint density at radius 1 is 1.26 bits per heavy atom. The SMILES string of the molecule is CN=C(NCC(C)(C)N(C)C)NC1CN(C(=O)OC(C)(C)C)C1. The van der Waals surface area contributed by atoms with E-state index in [-0.39, 0.29) is 17.7 Å². The van der Waals surface area contributed by atoms with Crippen LogP contribution in [0.3, 0.4) is 0 Å². The maximum atomic E-state index is 11.9. The molecule has 7 nitrogen and oxygen atoms in total. The van der Waals surface area contributed by atoms with E-state index in [4.69, 9.17) is 4.74 Å². The van der Waals surface area contributed by atoms with E-state index in [0.29, 0.717) is 13.1 Å². The minimum Gasteiger partial charge on any atom is -0.444 e. The van der Waals surface area contributed by atoms with Gasteiger partial charge in [-0.05, 0) is 48.7 Å². The molecule has 0 aromatic carbocycles.